The number of halogens is 1. The highest BCUT2D eigenvalue weighted by atomic mass is 79.9. The fourth-order valence-electron chi connectivity index (χ4n) is 2.50. The molecular weight excluding hydrogens is 302 g/mol. The van der Waals surface area contributed by atoms with E-state index in [1.807, 2.05) is 6.07 Å². The van der Waals surface area contributed by atoms with Gasteiger partial charge in [0.1, 0.15) is 5.75 Å². The lowest BCUT2D eigenvalue weighted by atomic mass is 9.93. The maximum Gasteiger partial charge on any atom is 0.133 e. The van der Waals surface area contributed by atoms with Crippen molar-refractivity contribution in [3.8, 4) is 5.75 Å². The molecule has 0 aromatic heterocycles. The summed E-state index contributed by atoms with van der Waals surface area (Å²) in [6, 6.07) is 6.79. The van der Waals surface area contributed by atoms with E-state index in [-0.39, 0.29) is 0 Å². The lowest BCUT2D eigenvalue weighted by Crippen LogP contribution is -2.23. The lowest BCUT2D eigenvalue weighted by molar-refractivity contribution is 0.393. The first-order valence-corrected chi connectivity index (χ1v) is 7.98. The van der Waals surface area contributed by atoms with Crippen molar-refractivity contribution in [1.82, 2.24) is 5.32 Å². The van der Waals surface area contributed by atoms with Crippen molar-refractivity contribution in [2.24, 2.45) is 5.92 Å². The fourth-order valence-corrected chi connectivity index (χ4v) is 3.05. The normalized spacial score (nSPS) is 14.2. The van der Waals surface area contributed by atoms with Gasteiger partial charge in [0, 0.05) is 6.04 Å². The number of methoxy groups -OCH3 is 1. The van der Waals surface area contributed by atoms with Gasteiger partial charge in [-0.1, -0.05) is 39.7 Å². The fraction of sp³-hybridized carbons (Fsp3) is 0.625. The SMILES string of the molecule is CCCC(C)CC(NCC)c1ccc(OC)c(Br)c1. The molecule has 2 atom stereocenters. The highest BCUT2D eigenvalue weighted by Crippen LogP contribution is 2.31. The van der Waals surface area contributed by atoms with E-state index in [0.717, 1.165) is 22.7 Å². The molecule has 1 rings (SSSR count). The van der Waals surface area contributed by atoms with Crippen molar-refractivity contribution in [3.63, 3.8) is 0 Å². The van der Waals surface area contributed by atoms with Gasteiger partial charge in [-0.25, -0.2) is 0 Å². The van der Waals surface area contributed by atoms with E-state index in [1.165, 1.54) is 24.8 Å². The Labute approximate surface area is 126 Å². The Kier molecular flexibility index (Phi) is 7.47. The zero-order valence-electron chi connectivity index (χ0n) is 12.5. The summed E-state index contributed by atoms with van der Waals surface area (Å²) in [5.41, 5.74) is 1.33. The van der Waals surface area contributed by atoms with Crippen molar-refractivity contribution in [1.29, 1.82) is 0 Å². The third-order valence-electron chi connectivity index (χ3n) is 3.45. The monoisotopic (exact) mass is 327 g/mol. The zero-order valence-corrected chi connectivity index (χ0v) is 14.1. The Morgan fingerprint density at radius 1 is 1.32 bits per heavy atom. The van der Waals surface area contributed by atoms with Gasteiger partial charge >= 0.3 is 0 Å². The largest absolute Gasteiger partial charge is 0.496 e. The molecule has 0 radical (unpaired) electrons. The summed E-state index contributed by atoms with van der Waals surface area (Å²) in [4.78, 5) is 0. The minimum atomic E-state index is 0.425. The van der Waals surface area contributed by atoms with Gasteiger partial charge in [-0.2, -0.15) is 0 Å². The average molecular weight is 328 g/mol. The van der Waals surface area contributed by atoms with Gasteiger partial charge in [-0.05, 0) is 52.5 Å². The number of benzene rings is 1. The van der Waals surface area contributed by atoms with Crippen LogP contribution in [0.5, 0.6) is 5.75 Å². The van der Waals surface area contributed by atoms with Gasteiger partial charge in [-0.3, -0.25) is 0 Å². The Balaban J connectivity index is 2.83. The van der Waals surface area contributed by atoms with Crippen LogP contribution in [0.15, 0.2) is 22.7 Å². The van der Waals surface area contributed by atoms with E-state index in [4.69, 9.17) is 4.74 Å². The Morgan fingerprint density at radius 2 is 2.05 bits per heavy atom. The predicted octanol–water partition coefficient (Wildman–Crippen LogP) is 4.93. The quantitative estimate of drug-likeness (QED) is 0.730. The standard InChI is InChI=1S/C16H26BrNO/c1-5-7-12(3)10-15(18-6-2)13-8-9-16(19-4)14(17)11-13/h8-9,11-12,15,18H,5-7,10H2,1-4H3. The molecule has 0 amide bonds. The number of hydrogen-bond acceptors (Lipinski definition) is 2. The highest BCUT2D eigenvalue weighted by Gasteiger charge is 2.15. The molecule has 2 unspecified atom stereocenters. The van der Waals surface area contributed by atoms with Crippen molar-refractivity contribution < 1.29 is 4.74 Å². The Bertz CT molecular complexity index is 381. The van der Waals surface area contributed by atoms with Gasteiger partial charge < -0.3 is 10.1 Å². The third-order valence-corrected chi connectivity index (χ3v) is 4.07. The minimum absolute atomic E-state index is 0.425. The van der Waals surface area contributed by atoms with Gasteiger partial charge in [0.2, 0.25) is 0 Å². The minimum Gasteiger partial charge on any atom is -0.496 e. The van der Waals surface area contributed by atoms with Crippen LogP contribution in [-0.2, 0) is 0 Å². The van der Waals surface area contributed by atoms with Crippen molar-refractivity contribution in [3.05, 3.63) is 28.2 Å². The summed E-state index contributed by atoms with van der Waals surface area (Å²) in [5.74, 6) is 1.63. The van der Waals surface area contributed by atoms with Crippen LogP contribution in [0.25, 0.3) is 0 Å². The van der Waals surface area contributed by atoms with E-state index in [1.54, 1.807) is 7.11 Å². The molecule has 1 aromatic rings. The lowest BCUT2D eigenvalue weighted by Gasteiger charge is -2.22. The molecule has 0 aliphatic rings. The number of rotatable bonds is 8. The van der Waals surface area contributed by atoms with Crippen LogP contribution in [0.4, 0.5) is 0 Å². The van der Waals surface area contributed by atoms with Crippen LogP contribution in [0.1, 0.15) is 51.6 Å². The van der Waals surface area contributed by atoms with Gasteiger partial charge in [0.05, 0.1) is 11.6 Å². The van der Waals surface area contributed by atoms with Gasteiger partial charge in [-0.15, -0.1) is 0 Å². The number of ether oxygens (including phenoxy) is 1. The molecule has 0 aliphatic heterocycles. The Morgan fingerprint density at radius 3 is 2.58 bits per heavy atom. The van der Waals surface area contributed by atoms with Crippen molar-refractivity contribution >= 4 is 15.9 Å². The number of hydrogen-bond donors (Lipinski definition) is 1. The molecule has 1 aromatic carbocycles. The molecule has 0 fully saturated rings. The molecule has 3 heteroatoms. The summed E-state index contributed by atoms with van der Waals surface area (Å²) < 4.78 is 6.32. The smallest absolute Gasteiger partial charge is 0.133 e. The summed E-state index contributed by atoms with van der Waals surface area (Å²) in [6.45, 7) is 7.75. The number of nitrogens with one attached hydrogen (secondary N) is 1. The molecule has 19 heavy (non-hydrogen) atoms. The maximum absolute atomic E-state index is 5.29. The van der Waals surface area contributed by atoms with Gasteiger partial charge in [0.15, 0.2) is 0 Å². The topological polar surface area (TPSA) is 21.3 Å². The molecule has 108 valence electrons. The zero-order chi connectivity index (χ0) is 14.3. The molecule has 0 spiro atoms. The van der Waals surface area contributed by atoms with Gasteiger partial charge in [0.25, 0.3) is 0 Å². The van der Waals surface area contributed by atoms with Crippen molar-refractivity contribution in [2.45, 2.75) is 46.1 Å². The molecule has 1 N–H and O–H groups in total. The maximum atomic E-state index is 5.29. The van der Waals surface area contributed by atoms with Crippen LogP contribution in [0, 0.1) is 5.92 Å². The van der Waals surface area contributed by atoms with Crippen LogP contribution < -0.4 is 10.1 Å². The first-order valence-electron chi connectivity index (χ1n) is 7.19. The summed E-state index contributed by atoms with van der Waals surface area (Å²) in [5, 5.41) is 3.59. The van der Waals surface area contributed by atoms with E-state index in [2.05, 4.69) is 54.2 Å². The first-order chi connectivity index (χ1) is 9.12. The third kappa shape index (κ3) is 5.15. The van der Waals surface area contributed by atoms with Crippen LogP contribution in [0.3, 0.4) is 0 Å². The van der Waals surface area contributed by atoms with Crippen LogP contribution in [0.2, 0.25) is 0 Å². The molecule has 0 saturated carbocycles. The highest BCUT2D eigenvalue weighted by molar-refractivity contribution is 9.10. The first kappa shape index (κ1) is 16.5. The van der Waals surface area contributed by atoms with E-state index in [9.17, 15) is 0 Å². The van der Waals surface area contributed by atoms with E-state index in [0.29, 0.717) is 6.04 Å². The average Bonchev–Trinajstić information content (AvgIpc) is 2.38. The Hall–Kier alpha value is -0.540. The van der Waals surface area contributed by atoms with E-state index >= 15 is 0 Å². The summed E-state index contributed by atoms with van der Waals surface area (Å²) in [7, 11) is 1.70. The second-order valence-corrected chi connectivity index (χ2v) is 5.99. The van der Waals surface area contributed by atoms with E-state index < -0.39 is 0 Å². The summed E-state index contributed by atoms with van der Waals surface area (Å²) in [6.07, 6.45) is 3.73. The molecule has 0 bridgehead atoms. The molecule has 0 heterocycles. The molecule has 0 aliphatic carbocycles. The second-order valence-electron chi connectivity index (χ2n) is 5.13. The molecule has 2 nitrogen and oxygen atoms in total. The molecule has 0 saturated heterocycles. The van der Waals surface area contributed by atoms with Crippen molar-refractivity contribution in [2.75, 3.05) is 13.7 Å². The second kappa shape index (κ2) is 8.60. The molecular formula is C16H26BrNO. The summed E-state index contributed by atoms with van der Waals surface area (Å²) >= 11 is 3.57. The predicted molar refractivity (Wildman–Crippen MR) is 85.8 cm³/mol. The van der Waals surface area contributed by atoms with Crippen LogP contribution in [-0.4, -0.2) is 13.7 Å². The van der Waals surface area contributed by atoms with Crippen LogP contribution >= 0.6 is 15.9 Å².